The highest BCUT2D eigenvalue weighted by Crippen LogP contribution is 2.21. The van der Waals surface area contributed by atoms with Gasteiger partial charge in [-0.25, -0.2) is 4.98 Å². The molecule has 1 aliphatic rings. The average molecular weight is 372 g/mol. The molecule has 5 nitrogen and oxygen atoms in total. The molecule has 3 rings (SSSR count). The number of pyridine rings is 2. The molecule has 2 aromatic rings. The number of likely N-dealkylation sites (tertiary alicyclic amines) is 1. The number of nitrogens with two attached hydrogens (primary N) is 1. The summed E-state index contributed by atoms with van der Waals surface area (Å²) < 4.78 is 0. The molecule has 1 saturated heterocycles. The van der Waals surface area contributed by atoms with Crippen molar-refractivity contribution in [2.24, 2.45) is 10.7 Å². The average Bonchev–Trinajstić information content (AvgIpc) is 3.17. The molecule has 0 aliphatic carbocycles. The number of rotatable bonds is 7. The van der Waals surface area contributed by atoms with Crippen molar-refractivity contribution < 1.29 is 0 Å². The number of fused-ring (bicyclic) bond motifs is 1. The van der Waals surface area contributed by atoms with Crippen molar-refractivity contribution in [1.82, 2.24) is 14.9 Å². The molecule has 138 valence electrons. The van der Waals surface area contributed by atoms with E-state index in [0.29, 0.717) is 5.15 Å². The van der Waals surface area contributed by atoms with Gasteiger partial charge in [-0.15, -0.1) is 0 Å². The standard InChI is InChI=1S/C20H26ClN5/c1-2-17(22)16(14-23-8-5-11-26-9-3-4-10-26)15-12-19-18(24-13-15)6-7-20(21)25-19/h6-7,12-14H,2-5,8-11,22H2,1H3. The van der Waals surface area contributed by atoms with Gasteiger partial charge < -0.3 is 10.6 Å². The number of aromatic nitrogens is 2. The van der Waals surface area contributed by atoms with E-state index in [4.69, 9.17) is 17.3 Å². The van der Waals surface area contributed by atoms with Crippen molar-refractivity contribution in [1.29, 1.82) is 0 Å². The molecule has 6 heteroatoms. The summed E-state index contributed by atoms with van der Waals surface area (Å²) in [5.41, 5.74) is 10.5. The SMILES string of the molecule is CCC(N)=C(C=NCCCN1CCCC1)c1cnc2ccc(Cl)nc2c1. The molecule has 0 unspecified atom stereocenters. The Bertz CT molecular complexity index is 809. The van der Waals surface area contributed by atoms with Crippen molar-refractivity contribution in [2.45, 2.75) is 32.6 Å². The Labute approximate surface area is 160 Å². The van der Waals surface area contributed by atoms with Gasteiger partial charge in [-0.2, -0.15) is 0 Å². The van der Waals surface area contributed by atoms with Gasteiger partial charge in [0.1, 0.15) is 5.15 Å². The highest BCUT2D eigenvalue weighted by atomic mass is 35.5. The predicted octanol–water partition coefficient (Wildman–Crippen LogP) is 3.92. The fourth-order valence-corrected chi connectivity index (χ4v) is 3.36. The Morgan fingerprint density at radius 2 is 2.12 bits per heavy atom. The van der Waals surface area contributed by atoms with Gasteiger partial charge in [0.25, 0.3) is 0 Å². The van der Waals surface area contributed by atoms with E-state index in [2.05, 4.69) is 19.9 Å². The van der Waals surface area contributed by atoms with E-state index in [1.54, 1.807) is 6.07 Å². The summed E-state index contributed by atoms with van der Waals surface area (Å²) in [7, 11) is 0. The Morgan fingerprint density at radius 1 is 1.31 bits per heavy atom. The Balaban J connectivity index is 1.72. The second-order valence-electron chi connectivity index (χ2n) is 6.63. The molecular formula is C20H26ClN5. The number of aliphatic imine (C=N–C) groups is 1. The van der Waals surface area contributed by atoms with Crippen LogP contribution in [-0.4, -0.2) is 47.3 Å². The lowest BCUT2D eigenvalue weighted by Gasteiger charge is -2.13. The van der Waals surface area contributed by atoms with Crippen molar-refractivity contribution in [3.63, 3.8) is 0 Å². The number of nitrogens with zero attached hydrogens (tertiary/aromatic N) is 4. The molecule has 26 heavy (non-hydrogen) atoms. The van der Waals surface area contributed by atoms with E-state index in [1.165, 1.54) is 25.9 Å². The highest BCUT2D eigenvalue weighted by molar-refractivity contribution is 6.29. The van der Waals surface area contributed by atoms with E-state index in [1.807, 2.05) is 31.5 Å². The lowest BCUT2D eigenvalue weighted by molar-refractivity contribution is 0.336. The fraction of sp³-hybridized carbons (Fsp3) is 0.450. The van der Waals surface area contributed by atoms with Crippen LogP contribution in [0.2, 0.25) is 5.15 Å². The van der Waals surface area contributed by atoms with Gasteiger partial charge in [0, 0.05) is 35.8 Å². The largest absolute Gasteiger partial charge is 0.402 e. The Hall–Kier alpha value is -1.98. The molecule has 0 amide bonds. The third-order valence-electron chi connectivity index (χ3n) is 4.72. The lowest BCUT2D eigenvalue weighted by atomic mass is 10.0. The summed E-state index contributed by atoms with van der Waals surface area (Å²) >= 11 is 6.01. The van der Waals surface area contributed by atoms with Gasteiger partial charge in [-0.1, -0.05) is 18.5 Å². The zero-order valence-electron chi connectivity index (χ0n) is 15.3. The van der Waals surface area contributed by atoms with Crippen molar-refractivity contribution in [3.8, 4) is 0 Å². The zero-order chi connectivity index (χ0) is 18.4. The van der Waals surface area contributed by atoms with Gasteiger partial charge >= 0.3 is 0 Å². The van der Waals surface area contributed by atoms with Crippen LogP contribution in [0, 0.1) is 0 Å². The molecule has 2 aromatic heterocycles. The minimum absolute atomic E-state index is 0.459. The highest BCUT2D eigenvalue weighted by Gasteiger charge is 2.10. The van der Waals surface area contributed by atoms with Crippen LogP contribution < -0.4 is 5.73 Å². The Kier molecular flexibility index (Phi) is 6.58. The molecular weight excluding hydrogens is 346 g/mol. The first-order valence-electron chi connectivity index (χ1n) is 9.31. The lowest BCUT2D eigenvalue weighted by Crippen LogP contribution is -2.20. The van der Waals surface area contributed by atoms with E-state index < -0.39 is 0 Å². The van der Waals surface area contributed by atoms with Gasteiger partial charge in [-0.05, 0) is 63.5 Å². The first kappa shape index (κ1) is 18.8. The third-order valence-corrected chi connectivity index (χ3v) is 4.93. The number of halogens is 1. The van der Waals surface area contributed by atoms with E-state index >= 15 is 0 Å². The summed E-state index contributed by atoms with van der Waals surface area (Å²) in [6.45, 7) is 6.44. The minimum atomic E-state index is 0.459. The maximum Gasteiger partial charge on any atom is 0.129 e. The minimum Gasteiger partial charge on any atom is -0.402 e. The van der Waals surface area contributed by atoms with Gasteiger partial charge in [0.05, 0.1) is 11.0 Å². The van der Waals surface area contributed by atoms with Crippen LogP contribution in [0.15, 0.2) is 35.1 Å². The fourth-order valence-electron chi connectivity index (χ4n) is 3.21. The molecule has 0 atom stereocenters. The van der Waals surface area contributed by atoms with Crippen LogP contribution in [0.1, 0.15) is 38.2 Å². The van der Waals surface area contributed by atoms with E-state index in [0.717, 1.165) is 53.8 Å². The quantitative estimate of drug-likeness (QED) is 0.455. The molecule has 2 N–H and O–H groups in total. The molecule has 0 saturated carbocycles. The number of hydrogen-bond donors (Lipinski definition) is 1. The van der Waals surface area contributed by atoms with Crippen LogP contribution in [-0.2, 0) is 0 Å². The zero-order valence-corrected chi connectivity index (χ0v) is 16.0. The van der Waals surface area contributed by atoms with Crippen LogP contribution in [0.5, 0.6) is 0 Å². The molecule has 0 aromatic carbocycles. The van der Waals surface area contributed by atoms with E-state index in [9.17, 15) is 0 Å². The van der Waals surface area contributed by atoms with Crippen LogP contribution in [0.4, 0.5) is 0 Å². The molecule has 0 radical (unpaired) electrons. The monoisotopic (exact) mass is 371 g/mol. The summed E-state index contributed by atoms with van der Waals surface area (Å²) in [5.74, 6) is 0. The van der Waals surface area contributed by atoms with E-state index in [-0.39, 0.29) is 0 Å². The number of hydrogen-bond acceptors (Lipinski definition) is 5. The van der Waals surface area contributed by atoms with Crippen LogP contribution >= 0.6 is 11.6 Å². The maximum absolute atomic E-state index is 6.24. The van der Waals surface area contributed by atoms with Crippen LogP contribution in [0.25, 0.3) is 16.6 Å². The maximum atomic E-state index is 6.24. The Morgan fingerprint density at radius 3 is 2.88 bits per heavy atom. The van der Waals surface area contributed by atoms with Gasteiger partial charge in [0.2, 0.25) is 0 Å². The normalized spacial score (nSPS) is 16.5. The van der Waals surface area contributed by atoms with Crippen molar-refractivity contribution in [2.75, 3.05) is 26.2 Å². The second kappa shape index (κ2) is 9.10. The molecule has 1 aliphatic heterocycles. The topological polar surface area (TPSA) is 67.4 Å². The first-order chi connectivity index (χ1) is 12.7. The molecule has 0 spiro atoms. The molecule has 3 heterocycles. The summed E-state index contributed by atoms with van der Waals surface area (Å²) in [5, 5.41) is 0.459. The number of allylic oxidation sites excluding steroid dienone is 2. The molecule has 0 bridgehead atoms. The first-order valence-corrected chi connectivity index (χ1v) is 9.68. The summed E-state index contributed by atoms with van der Waals surface area (Å²) in [6, 6.07) is 5.59. The van der Waals surface area contributed by atoms with Crippen molar-refractivity contribution >= 4 is 34.4 Å². The van der Waals surface area contributed by atoms with Crippen LogP contribution in [0.3, 0.4) is 0 Å². The van der Waals surface area contributed by atoms with Crippen molar-refractivity contribution in [3.05, 3.63) is 40.8 Å². The molecule has 1 fully saturated rings. The van der Waals surface area contributed by atoms with Gasteiger partial charge in [0.15, 0.2) is 0 Å². The predicted molar refractivity (Wildman–Crippen MR) is 110 cm³/mol. The smallest absolute Gasteiger partial charge is 0.129 e. The third kappa shape index (κ3) is 4.80. The second-order valence-corrected chi connectivity index (χ2v) is 7.01. The summed E-state index contributed by atoms with van der Waals surface area (Å²) in [6.07, 6.45) is 8.20. The summed E-state index contributed by atoms with van der Waals surface area (Å²) in [4.78, 5) is 15.9. The van der Waals surface area contributed by atoms with Gasteiger partial charge in [-0.3, -0.25) is 9.98 Å².